The number of ether oxygens (including phenoxy) is 1. The van der Waals surface area contributed by atoms with Crippen molar-refractivity contribution in [2.75, 3.05) is 20.2 Å². The Balaban J connectivity index is 1.21. The number of hydrogen-bond acceptors (Lipinski definition) is 4. The minimum Gasteiger partial charge on any atom is -0.494 e. The van der Waals surface area contributed by atoms with E-state index in [4.69, 9.17) is 15.5 Å². The first-order valence-corrected chi connectivity index (χ1v) is 14.9. The molecule has 1 saturated heterocycles. The standard InChI is InChI=1S/C33H37N5O2/c1-36-30-25(14-24(16-28(30)40-2)32(39)38-19-33(18-34)12-11-29(33)38)35-31(36)27-15-23-13-21(6-5-20-3-4-20)9-10-26(23)37(27)17-22-7-8-22/h5-6,9-10,13-16,20,22,29H,3-4,7-8,11-12,17-19,34H2,1-2H3/b6-5+/t29?,33-/m0/s1. The molecule has 0 bridgehead atoms. The second-order valence-corrected chi connectivity index (χ2v) is 12.7. The summed E-state index contributed by atoms with van der Waals surface area (Å²) in [5.74, 6) is 3.11. The summed E-state index contributed by atoms with van der Waals surface area (Å²) in [4.78, 5) is 20.7. The van der Waals surface area contributed by atoms with E-state index in [1.807, 2.05) is 17.0 Å². The number of aromatic nitrogens is 3. The summed E-state index contributed by atoms with van der Waals surface area (Å²) >= 11 is 0. The van der Waals surface area contributed by atoms with Crippen LogP contribution in [0, 0.1) is 17.3 Å². The summed E-state index contributed by atoms with van der Waals surface area (Å²) < 4.78 is 10.4. The number of rotatable bonds is 8. The van der Waals surface area contributed by atoms with Gasteiger partial charge in [-0.05, 0) is 86.3 Å². The molecular weight excluding hydrogens is 498 g/mol. The third-order valence-electron chi connectivity index (χ3n) is 10.0. The van der Waals surface area contributed by atoms with E-state index in [2.05, 4.69) is 52.6 Å². The monoisotopic (exact) mass is 535 g/mol. The summed E-state index contributed by atoms with van der Waals surface area (Å²) in [7, 11) is 3.72. The Morgan fingerprint density at radius 1 is 1.15 bits per heavy atom. The van der Waals surface area contributed by atoms with E-state index in [9.17, 15) is 4.79 Å². The third kappa shape index (κ3) is 3.66. The maximum Gasteiger partial charge on any atom is 0.254 e. The lowest BCUT2D eigenvalue weighted by Crippen LogP contribution is -2.74. The summed E-state index contributed by atoms with van der Waals surface area (Å²) in [5, 5.41) is 1.24. The number of carbonyl (C=O) groups is 1. The zero-order valence-electron chi connectivity index (χ0n) is 23.4. The Hall–Kier alpha value is -3.58. The molecule has 1 unspecified atom stereocenters. The summed E-state index contributed by atoms with van der Waals surface area (Å²) in [6, 6.07) is 13.2. The number of allylic oxidation sites excluding steroid dienone is 1. The van der Waals surface area contributed by atoms with E-state index >= 15 is 0 Å². The molecule has 7 heteroatoms. The molecule has 8 rings (SSSR count). The van der Waals surface area contributed by atoms with Gasteiger partial charge >= 0.3 is 0 Å². The highest BCUT2D eigenvalue weighted by molar-refractivity contribution is 6.01. The van der Waals surface area contributed by atoms with Crippen molar-refractivity contribution in [3.05, 3.63) is 53.6 Å². The largest absolute Gasteiger partial charge is 0.494 e. The van der Waals surface area contributed by atoms with Gasteiger partial charge in [-0.1, -0.05) is 18.2 Å². The van der Waals surface area contributed by atoms with Gasteiger partial charge in [0.05, 0.1) is 18.3 Å². The van der Waals surface area contributed by atoms with Crippen LogP contribution >= 0.6 is 0 Å². The zero-order chi connectivity index (χ0) is 27.2. The van der Waals surface area contributed by atoms with Crippen molar-refractivity contribution in [3.63, 3.8) is 0 Å². The topological polar surface area (TPSA) is 78.3 Å². The average molecular weight is 536 g/mol. The van der Waals surface area contributed by atoms with E-state index in [1.54, 1.807) is 7.11 Å². The number of piperidine rings is 1. The molecule has 0 radical (unpaired) electrons. The first kappa shape index (κ1) is 24.2. The van der Waals surface area contributed by atoms with Gasteiger partial charge in [0.25, 0.3) is 5.91 Å². The molecule has 7 nitrogen and oxygen atoms in total. The van der Waals surface area contributed by atoms with Crippen LogP contribution in [0.15, 0.2) is 42.5 Å². The fourth-order valence-corrected chi connectivity index (χ4v) is 7.06. The Kier molecular flexibility index (Phi) is 5.28. The molecule has 2 aromatic carbocycles. The van der Waals surface area contributed by atoms with Crippen LogP contribution in [0.1, 0.15) is 54.4 Å². The van der Waals surface area contributed by atoms with Gasteiger partial charge in [-0.15, -0.1) is 0 Å². The number of nitrogens with two attached hydrogens (primary N) is 1. The smallest absolute Gasteiger partial charge is 0.254 e. The predicted octanol–water partition coefficient (Wildman–Crippen LogP) is 5.60. The van der Waals surface area contributed by atoms with Gasteiger partial charge in [-0.3, -0.25) is 4.79 Å². The number of carbonyl (C=O) groups excluding carboxylic acids is 1. The average Bonchev–Trinajstić information content (AvgIpc) is 3.89. The molecule has 2 N–H and O–H groups in total. The second kappa shape index (κ2) is 8.71. The lowest BCUT2D eigenvalue weighted by atomic mass is 9.57. The molecular formula is C33H37N5O2. The zero-order valence-corrected chi connectivity index (χ0v) is 23.4. The minimum atomic E-state index is 0.0517. The first-order chi connectivity index (χ1) is 19.5. The lowest BCUT2D eigenvalue weighted by Gasteiger charge is -2.64. The maximum absolute atomic E-state index is 13.6. The van der Waals surface area contributed by atoms with Crippen molar-refractivity contribution in [2.24, 2.45) is 30.0 Å². The number of benzene rings is 2. The molecule has 4 aromatic rings. The molecule has 0 spiro atoms. The van der Waals surface area contributed by atoms with E-state index in [-0.39, 0.29) is 17.4 Å². The fraction of sp³-hybridized carbons (Fsp3) is 0.455. The summed E-state index contributed by atoms with van der Waals surface area (Å²) in [6.45, 7) is 2.40. The summed E-state index contributed by atoms with van der Waals surface area (Å²) in [5.41, 5.74) is 12.1. The molecule has 1 aliphatic heterocycles. The van der Waals surface area contributed by atoms with E-state index < -0.39 is 0 Å². The van der Waals surface area contributed by atoms with Crippen molar-refractivity contribution >= 4 is 33.9 Å². The molecule has 4 fully saturated rings. The van der Waals surface area contributed by atoms with Crippen LogP contribution in [0.25, 0.3) is 39.5 Å². The molecule has 1 amide bonds. The molecule has 4 aliphatic rings. The second-order valence-electron chi connectivity index (χ2n) is 12.7. The minimum absolute atomic E-state index is 0.0517. The fourth-order valence-electron chi connectivity index (χ4n) is 7.06. The van der Waals surface area contributed by atoms with Gasteiger partial charge in [0.2, 0.25) is 0 Å². The van der Waals surface area contributed by atoms with Crippen LogP contribution in [0.2, 0.25) is 0 Å². The highest BCUT2D eigenvalue weighted by Crippen LogP contribution is 2.53. The normalized spacial score (nSPS) is 24.0. The number of imidazole rings is 1. The van der Waals surface area contributed by atoms with Crippen molar-refractivity contribution in [3.8, 4) is 17.3 Å². The van der Waals surface area contributed by atoms with Crippen LogP contribution in [-0.2, 0) is 13.6 Å². The van der Waals surface area contributed by atoms with E-state index in [0.29, 0.717) is 17.9 Å². The predicted molar refractivity (Wildman–Crippen MR) is 158 cm³/mol. The van der Waals surface area contributed by atoms with Crippen LogP contribution in [0.5, 0.6) is 5.75 Å². The summed E-state index contributed by atoms with van der Waals surface area (Å²) in [6.07, 6.45) is 12.0. The molecule has 2 aromatic heterocycles. The SMILES string of the molecule is COc1cc(C(=O)N2C[C@@]3(CN)CCC23)cc2nc(-c3cc4cc(/C=C/C5CC5)ccc4n3CC3CC3)n(C)c12. The van der Waals surface area contributed by atoms with Crippen molar-refractivity contribution < 1.29 is 9.53 Å². The van der Waals surface area contributed by atoms with Crippen molar-refractivity contribution in [1.82, 2.24) is 19.0 Å². The molecule has 3 saturated carbocycles. The van der Waals surface area contributed by atoms with Gasteiger partial charge in [-0.25, -0.2) is 4.98 Å². The van der Waals surface area contributed by atoms with E-state index in [0.717, 1.165) is 60.3 Å². The van der Waals surface area contributed by atoms with Crippen LogP contribution in [0.4, 0.5) is 0 Å². The lowest BCUT2D eigenvalue weighted by molar-refractivity contribution is -0.117. The number of aryl methyl sites for hydroxylation is 1. The Labute approximate surface area is 234 Å². The van der Waals surface area contributed by atoms with Gasteiger partial charge in [0.1, 0.15) is 11.3 Å². The maximum atomic E-state index is 13.6. The Bertz CT molecular complexity index is 1700. The van der Waals surface area contributed by atoms with Gasteiger partial charge in [0, 0.05) is 54.6 Å². The molecule has 206 valence electrons. The quantitative estimate of drug-likeness (QED) is 0.319. The number of likely N-dealkylation sites (tertiary alicyclic amines) is 1. The molecule has 2 atom stereocenters. The molecule has 3 heterocycles. The number of nitrogens with zero attached hydrogens (tertiary/aromatic N) is 4. The van der Waals surface area contributed by atoms with Crippen LogP contribution in [0.3, 0.4) is 0 Å². The van der Waals surface area contributed by atoms with Crippen LogP contribution < -0.4 is 10.5 Å². The molecule has 40 heavy (non-hydrogen) atoms. The number of fused-ring (bicyclic) bond motifs is 3. The Morgan fingerprint density at radius 3 is 2.67 bits per heavy atom. The molecule has 3 aliphatic carbocycles. The van der Waals surface area contributed by atoms with Gasteiger partial charge in [0.15, 0.2) is 5.82 Å². The first-order valence-electron chi connectivity index (χ1n) is 14.9. The van der Waals surface area contributed by atoms with Crippen LogP contribution in [-0.4, -0.2) is 51.2 Å². The van der Waals surface area contributed by atoms with Crippen molar-refractivity contribution in [1.29, 1.82) is 0 Å². The highest BCUT2D eigenvalue weighted by Gasteiger charge is 2.59. The number of amides is 1. The number of methoxy groups -OCH3 is 1. The third-order valence-corrected chi connectivity index (χ3v) is 10.0. The van der Waals surface area contributed by atoms with Crippen molar-refractivity contribution in [2.45, 2.75) is 51.1 Å². The highest BCUT2D eigenvalue weighted by atomic mass is 16.5. The van der Waals surface area contributed by atoms with Gasteiger partial charge < -0.3 is 24.5 Å². The van der Waals surface area contributed by atoms with E-state index in [1.165, 1.54) is 42.1 Å². The number of hydrogen-bond donors (Lipinski definition) is 1. The Morgan fingerprint density at radius 2 is 2.00 bits per heavy atom. The van der Waals surface area contributed by atoms with Gasteiger partial charge in [-0.2, -0.15) is 0 Å².